The summed E-state index contributed by atoms with van der Waals surface area (Å²) < 4.78 is 53.2. The Morgan fingerprint density at radius 2 is 1.61 bits per heavy atom. The molecule has 2 aromatic rings. The molecule has 0 aromatic heterocycles. The molecule has 0 bridgehead atoms. The van der Waals surface area contributed by atoms with Gasteiger partial charge in [0.25, 0.3) is 0 Å². The molecule has 1 aliphatic heterocycles. The Hall–Kier alpha value is -2.12. The highest BCUT2D eigenvalue weighted by atomic mass is 35.5. The number of hydrogen-bond acceptors (Lipinski definition) is 4. The van der Waals surface area contributed by atoms with E-state index in [0.717, 1.165) is 37.1 Å². The largest absolute Gasteiger partial charge is 0.573 e. The lowest BCUT2D eigenvalue weighted by Gasteiger charge is -2.23. The number of methoxy groups -OCH3 is 1. The van der Waals surface area contributed by atoms with Gasteiger partial charge in [-0.3, -0.25) is 0 Å². The zero-order valence-corrected chi connectivity index (χ0v) is 16.2. The Morgan fingerprint density at radius 3 is 2.21 bits per heavy atom. The van der Waals surface area contributed by atoms with E-state index < -0.39 is 6.36 Å². The molecule has 0 spiro atoms. The minimum absolute atomic E-state index is 0. The fraction of sp³-hybridized carbons (Fsp3) is 0.400. The summed E-state index contributed by atoms with van der Waals surface area (Å²) in [6.45, 7) is 2.15. The van der Waals surface area contributed by atoms with E-state index in [1.54, 1.807) is 31.4 Å². The van der Waals surface area contributed by atoms with E-state index in [-0.39, 0.29) is 23.9 Å². The lowest BCUT2D eigenvalue weighted by atomic mass is 9.99. The summed E-state index contributed by atoms with van der Waals surface area (Å²) in [6.07, 6.45) is -2.89. The van der Waals surface area contributed by atoms with Crippen LogP contribution in [0, 0.1) is 5.92 Å². The Labute approximate surface area is 168 Å². The third-order valence-corrected chi connectivity index (χ3v) is 4.53. The zero-order chi connectivity index (χ0) is 19.3. The molecule has 4 nitrogen and oxygen atoms in total. The van der Waals surface area contributed by atoms with E-state index in [1.807, 2.05) is 12.1 Å². The molecule has 0 radical (unpaired) electrons. The first-order valence-corrected chi connectivity index (χ1v) is 8.82. The number of alkyl halides is 3. The quantitative estimate of drug-likeness (QED) is 0.713. The van der Waals surface area contributed by atoms with Crippen molar-refractivity contribution in [2.75, 3.05) is 26.8 Å². The number of halogens is 4. The maximum Gasteiger partial charge on any atom is 0.573 e. The van der Waals surface area contributed by atoms with Crippen molar-refractivity contribution in [2.45, 2.75) is 19.2 Å². The van der Waals surface area contributed by atoms with Gasteiger partial charge in [0.05, 0.1) is 13.7 Å². The summed E-state index contributed by atoms with van der Waals surface area (Å²) in [5.41, 5.74) is 1.59. The highest BCUT2D eigenvalue weighted by Crippen LogP contribution is 2.36. The van der Waals surface area contributed by atoms with Gasteiger partial charge in [-0.25, -0.2) is 0 Å². The third-order valence-electron chi connectivity index (χ3n) is 4.53. The van der Waals surface area contributed by atoms with Crippen molar-refractivity contribution in [2.24, 2.45) is 5.92 Å². The normalized spacial score (nSPS) is 14.9. The first-order chi connectivity index (χ1) is 12.9. The fourth-order valence-corrected chi connectivity index (χ4v) is 3.05. The first-order valence-electron chi connectivity index (χ1n) is 8.82. The van der Waals surface area contributed by atoms with E-state index in [2.05, 4.69) is 10.1 Å². The molecule has 1 aliphatic rings. The minimum atomic E-state index is -4.77. The van der Waals surface area contributed by atoms with Gasteiger partial charge in [-0.05, 0) is 67.2 Å². The van der Waals surface area contributed by atoms with Gasteiger partial charge in [0.1, 0.15) is 5.75 Å². The molecule has 0 saturated carbocycles. The summed E-state index contributed by atoms with van der Waals surface area (Å²) >= 11 is 0. The van der Waals surface area contributed by atoms with Crippen molar-refractivity contribution >= 4 is 12.4 Å². The van der Waals surface area contributed by atoms with Crippen LogP contribution in [0.3, 0.4) is 0 Å². The van der Waals surface area contributed by atoms with E-state index in [9.17, 15) is 13.2 Å². The number of piperidine rings is 1. The number of benzene rings is 2. The maximum absolute atomic E-state index is 12.7. The first kappa shape index (κ1) is 22.2. The second-order valence-corrected chi connectivity index (χ2v) is 6.44. The Balaban J connectivity index is 0.00000280. The lowest BCUT2D eigenvalue weighted by molar-refractivity contribution is -0.275. The van der Waals surface area contributed by atoms with Crippen LogP contribution >= 0.6 is 12.4 Å². The summed E-state index contributed by atoms with van der Waals surface area (Å²) in [7, 11) is 1.57. The minimum Gasteiger partial charge on any atom is -0.497 e. The van der Waals surface area contributed by atoms with E-state index in [4.69, 9.17) is 9.47 Å². The number of ether oxygens (including phenoxy) is 3. The second kappa shape index (κ2) is 9.89. The van der Waals surface area contributed by atoms with Crippen molar-refractivity contribution in [1.29, 1.82) is 0 Å². The van der Waals surface area contributed by atoms with Crippen molar-refractivity contribution in [1.82, 2.24) is 5.32 Å². The summed E-state index contributed by atoms with van der Waals surface area (Å²) in [5, 5.41) is 3.26. The van der Waals surface area contributed by atoms with Gasteiger partial charge in [-0.2, -0.15) is 0 Å². The average molecular weight is 418 g/mol. The number of nitrogens with one attached hydrogen (secondary N) is 1. The molecule has 1 N–H and O–H groups in total. The molecule has 154 valence electrons. The molecule has 3 rings (SSSR count). The van der Waals surface area contributed by atoms with Gasteiger partial charge in [0.2, 0.25) is 0 Å². The third kappa shape index (κ3) is 6.21. The maximum atomic E-state index is 12.7. The molecule has 0 unspecified atom stereocenters. The van der Waals surface area contributed by atoms with Crippen LogP contribution < -0.4 is 19.5 Å². The summed E-state index contributed by atoms with van der Waals surface area (Å²) in [5.74, 6) is 0.792. The Bertz CT molecular complexity index is 747. The van der Waals surface area contributed by atoms with Crippen molar-refractivity contribution < 1.29 is 27.4 Å². The molecule has 0 aliphatic carbocycles. The van der Waals surface area contributed by atoms with Crippen LogP contribution in [0.5, 0.6) is 17.2 Å². The highest BCUT2D eigenvalue weighted by molar-refractivity contribution is 5.85. The Morgan fingerprint density at radius 1 is 0.964 bits per heavy atom. The van der Waals surface area contributed by atoms with Crippen LogP contribution in [0.2, 0.25) is 0 Å². The van der Waals surface area contributed by atoms with Gasteiger partial charge in [0, 0.05) is 0 Å². The SMILES string of the molecule is COc1ccc(-c2ccc(OC(F)(F)F)c(OCC3CCNCC3)c2)cc1.Cl. The molecular formula is C20H23ClF3NO3. The number of hydrogen-bond donors (Lipinski definition) is 1. The van der Waals surface area contributed by atoms with Gasteiger partial charge < -0.3 is 19.5 Å². The molecule has 1 saturated heterocycles. The molecule has 0 atom stereocenters. The van der Waals surface area contributed by atoms with E-state index in [1.165, 1.54) is 6.07 Å². The van der Waals surface area contributed by atoms with Crippen molar-refractivity contribution in [3.63, 3.8) is 0 Å². The molecule has 8 heteroatoms. The highest BCUT2D eigenvalue weighted by Gasteiger charge is 2.32. The van der Waals surface area contributed by atoms with E-state index in [0.29, 0.717) is 18.3 Å². The summed E-state index contributed by atoms with van der Waals surface area (Å²) in [4.78, 5) is 0. The van der Waals surface area contributed by atoms with Gasteiger partial charge in [-0.1, -0.05) is 18.2 Å². The van der Waals surface area contributed by atoms with Gasteiger partial charge in [-0.15, -0.1) is 25.6 Å². The van der Waals surface area contributed by atoms with E-state index >= 15 is 0 Å². The van der Waals surface area contributed by atoms with Crippen LogP contribution in [0.15, 0.2) is 42.5 Å². The standard InChI is InChI=1S/C20H22F3NO3.ClH/c1-25-17-5-2-15(3-6-17)16-4-7-18(27-20(21,22)23)19(12-16)26-13-14-8-10-24-11-9-14;/h2-7,12,14,24H,8-11,13H2,1H3;1H. The molecular weight excluding hydrogens is 395 g/mol. The van der Waals surface area contributed by atoms with Crippen molar-refractivity contribution in [3.8, 4) is 28.4 Å². The molecule has 1 heterocycles. The second-order valence-electron chi connectivity index (χ2n) is 6.44. The summed E-state index contributed by atoms with van der Waals surface area (Å²) in [6, 6.07) is 11.7. The fourth-order valence-electron chi connectivity index (χ4n) is 3.05. The predicted molar refractivity (Wildman–Crippen MR) is 103 cm³/mol. The molecule has 2 aromatic carbocycles. The van der Waals surface area contributed by atoms with Crippen LogP contribution in [-0.4, -0.2) is 33.2 Å². The van der Waals surface area contributed by atoms with Crippen molar-refractivity contribution in [3.05, 3.63) is 42.5 Å². The van der Waals surface area contributed by atoms with Gasteiger partial charge >= 0.3 is 6.36 Å². The topological polar surface area (TPSA) is 39.7 Å². The van der Waals surface area contributed by atoms with Crippen LogP contribution in [0.25, 0.3) is 11.1 Å². The van der Waals surface area contributed by atoms with Crippen LogP contribution in [0.4, 0.5) is 13.2 Å². The molecule has 28 heavy (non-hydrogen) atoms. The monoisotopic (exact) mass is 417 g/mol. The smallest absolute Gasteiger partial charge is 0.497 e. The predicted octanol–water partition coefficient (Wildman–Crippen LogP) is 5.06. The molecule has 0 amide bonds. The Kier molecular flexibility index (Phi) is 7.83. The number of rotatable bonds is 6. The van der Waals surface area contributed by atoms with Crippen LogP contribution in [0.1, 0.15) is 12.8 Å². The average Bonchev–Trinajstić information content (AvgIpc) is 2.67. The van der Waals surface area contributed by atoms with Crippen LogP contribution in [-0.2, 0) is 0 Å². The zero-order valence-electron chi connectivity index (χ0n) is 15.4. The lowest BCUT2D eigenvalue weighted by Crippen LogP contribution is -2.30. The molecule has 1 fully saturated rings. The van der Waals surface area contributed by atoms with Gasteiger partial charge in [0.15, 0.2) is 11.5 Å².